The van der Waals surface area contributed by atoms with E-state index in [0.29, 0.717) is 10.5 Å². The molecule has 17 heavy (non-hydrogen) atoms. The summed E-state index contributed by atoms with van der Waals surface area (Å²) in [6, 6.07) is 0. The van der Waals surface area contributed by atoms with Crippen LogP contribution in [0.5, 0.6) is 0 Å². The minimum absolute atomic E-state index is 0.449. The Morgan fingerprint density at radius 2 is 2.18 bits per heavy atom. The van der Waals surface area contributed by atoms with Gasteiger partial charge in [0.25, 0.3) is 0 Å². The fourth-order valence-electron chi connectivity index (χ4n) is 1.89. The molecule has 1 aromatic heterocycles. The standard InChI is InChI=1S/C12H19N3S2/c1-8-6-14-12(15-10(8)7-13-3)11-9(2)16-4-5-17-11/h6,9,11,13H,4-5,7H2,1-3H3. The van der Waals surface area contributed by atoms with Crippen LogP contribution in [0.2, 0.25) is 0 Å². The van der Waals surface area contributed by atoms with Gasteiger partial charge in [-0.3, -0.25) is 0 Å². The van der Waals surface area contributed by atoms with Gasteiger partial charge in [0.15, 0.2) is 0 Å². The van der Waals surface area contributed by atoms with Crippen LogP contribution in [0.3, 0.4) is 0 Å². The van der Waals surface area contributed by atoms with Gasteiger partial charge in [0.05, 0.1) is 10.9 Å². The van der Waals surface area contributed by atoms with Crippen molar-refractivity contribution in [2.45, 2.75) is 30.9 Å². The van der Waals surface area contributed by atoms with Gasteiger partial charge in [-0.15, -0.1) is 11.8 Å². The summed E-state index contributed by atoms with van der Waals surface area (Å²) in [6.45, 7) is 5.17. The van der Waals surface area contributed by atoms with Crippen molar-refractivity contribution < 1.29 is 0 Å². The van der Waals surface area contributed by atoms with Crippen molar-refractivity contribution in [2.24, 2.45) is 0 Å². The lowest BCUT2D eigenvalue weighted by Crippen LogP contribution is -2.20. The van der Waals surface area contributed by atoms with Gasteiger partial charge in [-0.1, -0.05) is 6.92 Å². The van der Waals surface area contributed by atoms with E-state index in [1.54, 1.807) is 0 Å². The molecule has 2 unspecified atom stereocenters. The highest BCUT2D eigenvalue weighted by Gasteiger charge is 2.26. The van der Waals surface area contributed by atoms with Crippen LogP contribution in [0, 0.1) is 6.92 Å². The summed E-state index contributed by atoms with van der Waals surface area (Å²) in [5.41, 5.74) is 2.30. The third-order valence-corrected chi connectivity index (χ3v) is 5.97. The van der Waals surface area contributed by atoms with Crippen LogP contribution >= 0.6 is 23.5 Å². The Hall–Kier alpha value is -0.260. The van der Waals surface area contributed by atoms with Gasteiger partial charge in [0.1, 0.15) is 5.82 Å². The number of aryl methyl sites for hydroxylation is 1. The zero-order valence-electron chi connectivity index (χ0n) is 10.6. The minimum Gasteiger partial charge on any atom is -0.314 e. The zero-order valence-corrected chi connectivity index (χ0v) is 12.2. The Morgan fingerprint density at radius 1 is 1.41 bits per heavy atom. The monoisotopic (exact) mass is 269 g/mol. The Morgan fingerprint density at radius 3 is 2.88 bits per heavy atom. The van der Waals surface area contributed by atoms with Crippen molar-refractivity contribution in [1.82, 2.24) is 15.3 Å². The molecule has 1 aromatic rings. The molecule has 3 nitrogen and oxygen atoms in total. The summed E-state index contributed by atoms with van der Waals surface area (Å²) in [5, 5.41) is 4.22. The lowest BCUT2D eigenvalue weighted by molar-refractivity contribution is 0.743. The molecule has 0 amide bonds. The Labute approximate surface area is 112 Å². The largest absolute Gasteiger partial charge is 0.314 e. The summed E-state index contributed by atoms with van der Waals surface area (Å²) in [7, 11) is 1.95. The quantitative estimate of drug-likeness (QED) is 0.912. The molecular formula is C12H19N3S2. The maximum atomic E-state index is 4.73. The van der Waals surface area contributed by atoms with Gasteiger partial charge in [-0.25, -0.2) is 9.97 Å². The second-order valence-electron chi connectivity index (χ2n) is 4.26. The number of rotatable bonds is 3. The van der Waals surface area contributed by atoms with Crippen LogP contribution in [0.1, 0.15) is 29.3 Å². The fraction of sp³-hybridized carbons (Fsp3) is 0.667. The van der Waals surface area contributed by atoms with Crippen LogP contribution in [-0.2, 0) is 6.54 Å². The highest BCUT2D eigenvalue weighted by Crippen LogP contribution is 2.40. The normalized spacial score (nSPS) is 24.9. The summed E-state index contributed by atoms with van der Waals surface area (Å²) >= 11 is 4.02. The van der Waals surface area contributed by atoms with E-state index < -0.39 is 0 Å². The van der Waals surface area contributed by atoms with Gasteiger partial charge in [-0.2, -0.15) is 11.8 Å². The third kappa shape index (κ3) is 3.14. The van der Waals surface area contributed by atoms with E-state index in [0.717, 1.165) is 18.1 Å². The minimum atomic E-state index is 0.449. The predicted octanol–water partition coefficient (Wildman–Crippen LogP) is 2.41. The molecule has 0 saturated carbocycles. The number of thioether (sulfide) groups is 2. The highest BCUT2D eigenvalue weighted by atomic mass is 32.2. The van der Waals surface area contributed by atoms with E-state index in [-0.39, 0.29) is 0 Å². The molecule has 0 aliphatic carbocycles. The molecule has 2 heterocycles. The molecule has 0 aromatic carbocycles. The summed E-state index contributed by atoms with van der Waals surface area (Å²) < 4.78 is 0. The summed E-state index contributed by atoms with van der Waals surface area (Å²) in [5.74, 6) is 3.46. The number of hydrogen-bond donors (Lipinski definition) is 1. The number of nitrogens with zero attached hydrogens (tertiary/aromatic N) is 2. The molecule has 2 rings (SSSR count). The van der Waals surface area contributed by atoms with Gasteiger partial charge in [0.2, 0.25) is 0 Å². The lowest BCUT2D eigenvalue weighted by atomic mass is 10.2. The first kappa shape index (κ1) is 13.2. The van der Waals surface area contributed by atoms with Gasteiger partial charge in [0, 0.05) is 29.5 Å². The average molecular weight is 269 g/mol. The molecule has 1 aliphatic heterocycles. The molecule has 94 valence electrons. The lowest BCUT2D eigenvalue weighted by Gasteiger charge is -2.26. The molecule has 0 spiro atoms. The van der Waals surface area contributed by atoms with E-state index in [4.69, 9.17) is 4.98 Å². The Balaban J connectivity index is 2.22. The molecule has 1 fully saturated rings. The Bertz CT molecular complexity index is 384. The van der Waals surface area contributed by atoms with E-state index in [2.05, 4.69) is 24.1 Å². The number of nitrogens with one attached hydrogen (secondary N) is 1. The molecule has 5 heteroatoms. The van der Waals surface area contributed by atoms with Gasteiger partial charge < -0.3 is 5.32 Å². The number of hydrogen-bond acceptors (Lipinski definition) is 5. The first-order chi connectivity index (χ1) is 8.22. The van der Waals surface area contributed by atoms with E-state index in [1.807, 2.05) is 36.8 Å². The van der Waals surface area contributed by atoms with Crippen molar-refractivity contribution in [3.63, 3.8) is 0 Å². The molecular weight excluding hydrogens is 250 g/mol. The summed E-state index contributed by atoms with van der Waals surface area (Å²) in [6.07, 6.45) is 1.96. The van der Waals surface area contributed by atoms with Crippen molar-refractivity contribution in [3.05, 3.63) is 23.3 Å². The number of aromatic nitrogens is 2. The average Bonchev–Trinajstić information content (AvgIpc) is 2.33. The van der Waals surface area contributed by atoms with Crippen LogP contribution in [0.15, 0.2) is 6.20 Å². The van der Waals surface area contributed by atoms with Crippen LogP contribution in [0.25, 0.3) is 0 Å². The van der Waals surface area contributed by atoms with Crippen LogP contribution < -0.4 is 5.32 Å². The van der Waals surface area contributed by atoms with Crippen molar-refractivity contribution in [1.29, 1.82) is 0 Å². The SMILES string of the molecule is CNCc1nc(C2SCCSC2C)ncc1C. The van der Waals surface area contributed by atoms with E-state index in [1.165, 1.54) is 17.1 Å². The third-order valence-electron chi connectivity index (χ3n) is 2.88. The first-order valence-corrected chi connectivity index (χ1v) is 8.02. The smallest absolute Gasteiger partial charge is 0.142 e. The fourth-order valence-corrected chi connectivity index (χ4v) is 4.59. The molecule has 1 N–H and O–H groups in total. The predicted molar refractivity (Wildman–Crippen MR) is 76.7 cm³/mol. The maximum absolute atomic E-state index is 4.73. The van der Waals surface area contributed by atoms with Crippen molar-refractivity contribution >= 4 is 23.5 Å². The molecule has 0 radical (unpaired) electrons. The van der Waals surface area contributed by atoms with Crippen molar-refractivity contribution in [2.75, 3.05) is 18.6 Å². The van der Waals surface area contributed by atoms with Crippen LogP contribution in [-0.4, -0.2) is 33.8 Å². The molecule has 1 saturated heterocycles. The molecule has 0 bridgehead atoms. The maximum Gasteiger partial charge on any atom is 0.142 e. The van der Waals surface area contributed by atoms with E-state index >= 15 is 0 Å². The van der Waals surface area contributed by atoms with Gasteiger partial charge in [-0.05, 0) is 19.5 Å². The first-order valence-electron chi connectivity index (χ1n) is 5.92. The van der Waals surface area contributed by atoms with E-state index in [9.17, 15) is 0 Å². The topological polar surface area (TPSA) is 37.8 Å². The molecule has 1 aliphatic rings. The van der Waals surface area contributed by atoms with Gasteiger partial charge >= 0.3 is 0 Å². The van der Waals surface area contributed by atoms with Crippen molar-refractivity contribution in [3.8, 4) is 0 Å². The zero-order chi connectivity index (χ0) is 12.3. The second kappa shape index (κ2) is 6.07. The molecule has 2 atom stereocenters. The second-order valence-corrected chi connectivity index (χ2v) is 6.99. The van der Waals surface area contributed by atoms with Crippen LogP contribution in [0.4, 0.5) is 0 Å². The Kier molecular flexibility index (Phi) is 4.70. The summed E-state index contributed by atoms with van der Waals surface area (Å²) in [4.78, 5) is 9.25. The highest BCUT2D eigenvalue weighted by molar-refractivity contribution is 8.06.